The van der Waals surface area contributed by atoms with Crippen LogP contribution in [0.2, 0.25) is 0 Å². The summed E-state index contributed by atoms with van der Waals surface area (Å²) in [6, 6.07) is 0.291. The zero-order valence-electron chi connectivity index (χ0n) is 10.7. The van der Waals surface area contributed by atoms with Crippen molar-refractivity contribution < 1.29 is 0 Å². The molecule has 0 saturated heterocycles. The Hall–Kier alpha value is -0.450. The summed E-state index contributed by atoms with van der Waals surface area (Å²) >= 11 is 1.78. The lowest BCUT2D eigenvalue weighted by atomic mass is 10.0. The lowest BCUT2D eigenvalue weighted by molar-refractivity contribution is 0.393. The van der Waals surface area contributed by atoms with Crippen molar-refractivity contribution >= 4 is 11.3 Å². The van der Waals surface area contributed by atoms with Crippen LogP contribution >= 0.6 is 11.3 Å². The molecule has 16 heavy (non-hydrogen) atoms. The summed E-state index contributed by atoms with van der Waals surface area (Å²) in [5.74, 6) is 0. The van der Waals surface area contributed by atoms with Gasteiger partial charge in [-0.2, -0.15) is 0 Å². The van der Waals surface area contributed by atoms with E-state index in [0.29, 0.717) is 6.04 Å². The Morgan fingerprint density at radius 3 is 2.75 bits per heavy atom. The minimum atomic E-state index is -0.126. The van der Waals surface area contributed by atoms with Gasteiger partial charge >= 0.3 is 0 Å². The molecule has 0 bridgehead atoms. The average molecular weight is 241 g/mol. The third-order valence-electron chi connectivity index (χ3n) is 2.91. The SMILES string of the molecule is CCc1cnc(C(C)NCC(C)(N)CC)s1. The van der Waals surface area contributed by atoms with Gasteiger partial charge in [-0.15, -0.1) is 11.3 Å². The summed E-state index contributed by atoms with van der Waals surface area (Å²) in [6.45, 7) is 9.32. The highest BCUT2D eigenvalue weighted by Crippen LogP contribution is 2.20. The van der Waals surface area contributed by atoms with E-state index in [0.717, 1.165) is 24.4 Å². The molecule has 0 fully saturated rings. The molecule has 1 aromatic heterocycles. The van der Waals surface area contributed by atoms with Gasteiger partial charge < -0.3 is 11.1 Å². The third kappa shape index (κ3) is 3.85. The molecule has 0 aliphatic carbocycles. The first-order valence-electron chi connectivity index (χ1n) is 5.95. The Balaban J connectivity index is 2.49. The van der Waals surface area contributed by atoms with Crippen molar-refractivity contribution in [2.75, 3.05) is 6.54 Å². The van der Waals surface area contributed by atoms with Crippen LogP contribution in [0.4, 0.5) is 0 Å². The monoisotopic (exact) mass is 241 g/mol. The van der Waals surface area contributed by atoms with Crippen molar-refractivity contribution in [2.24, 2.45) is 5.73 Å². The van der Waals surface area contributed by atoms with Crippen molar-refractivity contribution in [3.05, 3.63) is 16.1 Å². The Bertz CT molecular complexity index is 320. The number of nitrogens with two attached hydrogens (primary N) is 1. The molecule has 1 aromatic rings. The van der Waals surface area contributed by atoms with Gasteiger partial charge in [-0.25, -0.2) is 4.98 Å². The van der Waals surface area contributed by atoms with Crippen LogP contribution < -0.4 is 11.1 Å². The minimum Gasteiger partial charge on any atom is -0.324 e. The van der Waals surface area contributed by atoms with Crippen LogP contribution in [0.15, 0.2) is 6.20 Å². The van der Waals surface area contributed by atoms with Gasteiger partial charge in [0.25, 0.3) is 0 Å². The number of nitrogens with zero attached hydrogens (tertiary/aromatic N) is 1. The van der Waals surface area contributed by atoms with Crippen LogP contribution in [-0.2, 0) is 6.42 Å². The molecule has 92 valence electrons. The van der Waals surface area contributed by atoms with E-state index in [1.54, 1.807) is 11.3 Å². The van der Waals surface area contributed by atoms with Crippen molar-refractivity contribution in [1.82, 2.24) is 10.3 Å². The van der Waals surface area contributed by atoms with Gasteiger partial charge in [-0.05, 0) is 26.7 Å². The Kier molecular flexibility index (Phi) is 4.89. The standard InChI is InChI=1S/C12H23N3S/c1-5-10-7-14-11(16-10)9(3)15-8-12(4,13)6-2/h7,9,15H,5-6,8,13H2,1-4H3. The third-order valence-corrected chi connectivity index (χ3v) is 4.23. The molecule has 0 amide bonds. The average Bonchev–Trinajstić information content (AvgIpc) is 2.74. The molecule has 2 unspecified atom stereocenters. The van der Waals surface area contributed by atoms with E-state index in [9.17, 15) is 0 Å². The molecular formula is C12H23N3S. The second kappa shape index (κ2) is 5.75. The maximum Gasteiger partial charge on any atom is 0.109 e. The predicted molar refractivity (Wildman–Crippen MR) is 70.8 cm³/mol. The quantitative estimate of drug-likeness (QED) is 0.804. The molecule has 0 spiro atoms. The van der Waals surface area contributed by atoms with E-state index in [1.807, 2.05) is 6.20 Å². The van der Waals surface area contributed by atoms with Crippen LogP contribution in [0.1, 0.15) is 50.0 Å². The summed E-state index contributed by atoms with van der Waals surface area (Å²) in [5.41, 5.74) is 5.97. The van der Waals surface area contributed by atoms with Gasteiger partial charge in [0.05, 0.1) is 6.04 Å². The Morgan fingerprint density at radius 1 is 1.56 bits per heavy atom. The second-order valence-corrected chi connectivity index (χ2v) is 5.78. The van der Waals surface area contributed by atoms with Crippen molar-refractivity contribution in [1.29, 1.82) is 0 Å². The second-order valence-electron chi connectivity index (χ2n) is 4.63. The highest BCUT2D eigenvalue weighted by atomic mass is 32.1. The lowest BCUT2D eigenvalue weighted by Gasteiger charge is -2.25. The van der Waals surface area contributed by atoms with Gasteiger partial charge in [0.1, 0.15) is 5.01 Å². The fourth-order valence-corrected chi connectivity index (χ4v) is 2.17. The molecule has 3 N–H and O–H groups in total. The van der Waals surface area contributed by atoms with Gasteiger partial charge in [-0.3, -0.25) is 0 Å². The van der Waals surface area contributed by atoms with Gasteiger partial charge in [0, 0.05) is 23.2 Å². The zero-order chi connectivity index (χ0) is 12.2. The molecule has 2 atom stereocenters. The molecule has 0 saturated carbocycles. The number of hydrogen-bond donors (Lipinski definition) is 2. The number of thiazole rings is 1. The smallest absolute Gasteiger partial charge is 0.109 e. The normalized spacial score (nSPS) is 17.1. The summed E-state index contributed by atoms with van der Waals surface area (Å²) in [5, 5.41) is 4.61. The highest BCUT2D eigenvalue weighted by molar-refractivity contribution is 7.11. The van der Waals surface area contributed by atoms with E-state index >= 15 is 0 Å². The first-order chi connectivity index (χ1) is 7.48. The molecule has 1 rings (SSSR count). The van der Waals surface area contributed by atoms with Crippen LogP contribution in [0.3, 0.4) is 0 Å². The first kappa shape index (κ1) is 13.6. The maximum atomic E-state index is 6.09. The number of aryl methyl sites for hydroxylation is 1. The number of aromatic nitrogens is 1. The molecule has 0 aliphatic heterocycles. The van der Waals surface area contributed by atoms with E-state index < -0.39 is 0 Å². The molecule has 0 radical (unpaired) electrons. The van der Waals surface area contributed by atoms with Crippen molar-refractivity contribution in [3.8, 4) is 0 Å². The summed E-state index contributed by atoms with van der Waals surface area (Å²) in [6.07, 6.45) is 4.01. The number of rotatable bonds is 6. The minimum absolute atomic E-state index is 0.126. The van der Waals surface area contributed by atoms with Crippen molar-refractivity contribution in [3.63, 3.8) is 0 Å². The Morgan fingerprint density at radius 2 is 2.25 bits per heavy atom. The summed E-state index contributed by atoms with van der Waals surface area (Å²) < 4.78 is 0. The fourth-order valence-electron chi connectivity index (χ4n) is 1.28. The van der Waals surface area contributed by atoms with E-state index in [4.69, 9.17) is 5.73 Å². The van der Waals surface area contributed by atoms with Gasteiger partial charge in [-0.1, -0.05) is 13.8 Å². The topological polar surface area (TPSA) is 50.9 Å². The summed E-state index contributed by atoms with van der Waals surface area (Å²) in [7, 11) is 0. The van der Waals surface area contributed by atoms with Gasteiger partial charge in [0.2, 0.25) is 0 Å². The molecule has 3 nitrogen and oxygen atoms in total. The fraction of sp³-hybridized carbons (Fsp3) is 0.750. The van der Waals surface area contributed by atoms with Crippen LogP contribution in [-0.4, -0.2) is 17.1 Å². The van der Waals surface area contributed by atoms with Crippen LogP contribution in [0.5, 0.6) is 0 Å². The lowest BCUT2D eigenvalue weighted by Crippen LogP contribution is -2.46. The predicted octanol–water partition coefficient (Wildman–Crippen LogP) is 2.48. The molecular weight excluding hydrogens is 218 g/mol. The molecule has 0 aliphatic rings. The first-order valence-corrected chi connectivity index (χ1v) is 6.77. The van der Waals surface area contributed by atoms with Crippen molar-refractivity contribution in [2.45, 2.75) is 52.1 Å². The van der Waals surface area contributed by atoms with E-state index in [-0.39, 0.29) is 5.54 Å². The Labute approximate surface area is 102 Å². The van der Waals surface area contributed by atoms with E-state index in [1.165, 1.54) is 4.88 Å². The van der Waals surface area contributed by atoms with Crippen LogP contribution in [0, 0.1) is 0 Å². The largest absolute Gasteiger partial charge is 0.324 e. The molecule has 4 heteroatoms. The van der Waals surface area contributed by atoms with Crippen LogP contribution in [0.25, 0.3) is 0 Å². The molecule has 1 heterocycles. The number of hydrogen-bond acceptors (Lipinski definition) is 4. The zero-order valence-corrected chi connectivity index (χ0v) is 11.5. The summed E-state index contributed by atoms with van der Waals surface area (Å²) in [4.78, 5) is 5.77. The van der Waals surface area contributed by atoms with Gasteiger partial charge in [0.15, 0.2) is 0 Å². The van der Waals surface area contributed by atoms with E-state index in [2.05, 4.69) is 38.0 Å². The number of nitrogens with one attached hydrogen (secondary N) is 1. The highest BCUT2D eigenvalue weighted by Gasteiger charge is 2.17. The molecule has 0 aromatic carbocycles. The maximum absolute atomic E-state index is 6.09.